The van der Waals surface area contributed by atoms with Crippen molar-refractivity contribution >= 4 is 5.82 Å². The van der Waals surface area contributed by atoms with Crippen LogP contribution in [0.1, 0.15) is 32.3 Å². The second-order valence-corrected chi connectivity index (χ2v) is 6.42. The molecule has 0 N–H and O–H groups in total. The molecule has 3 nitrogen and oxygen atoms in total. The zero-order valence-corrected chi connectivity index (χ0v) is 12.9. The zero-order valence-electron chi connectivity index (χ0n) is 12.9. The summed E-state index contributed by atoms with van der Waals surface area (Å²) in [5.74, 6) is 0.811. The van der Waals surface area contributed by atoms with Crippen molar-refractivity contribution in [3.63, 3.8) is 0 Å². The summed E-state index contributed by atoms with van der Waals surface area (Å²) in [6.07, 6.45) is 4.54. The fourth-order valence-corrected chi connectivity index (χ4v) is 3.55. The van der Waals surface area contributed by atoms with Crippen LogP contribution in [0, 0.1) is 0 Å². The summed E-state index contributed by atoms with van der Waals surface area (Å²) < 4.78 is 15.3. The number of allylic oxidation sites excluding steroid dienone is 1. The lowest BCUT2D eigenvalue weighted by Crippen LogP contribution is -2.55. The number of fused-ring (bicyclic) bond motifs is 3. The Balaban J connectivity index is 1.98. The molecule has 0 aromatic carbocycles. The van der Waals surface area contributed by atoms with Gasteiger partial charge in [0, 0.05) is 43.5 Å². The summed E-state index contributed by atoms with van der Waals surface area (Å²) in [5, 5.41) is 0. The van der Waals surface area contributed by atoms with Crippen molar-refractivity contribution in [1.29, 1.82) is 0 Å². The predicted octanol–water partition coefficient (Wildman–Crippen LogP) is 3.13. The van der Waals surface area contributed by atoms with Gasteiger partial charge in [-0.05, 0) is 32.8 Å². The van der Waals surface area contributed by atoms with E-state index in [9.17, 15) is 0 Å². The highest BCUT2D eigenvalue weighted by molar-refractivity contribution is 5.54. The summed E-state index contributed by atoms with van der Waals surface area (Å²) in [7, 11) is 0. The molecule has 2 aliphatic heterocycles. The summed E-state index contributed by atoms with van der Waals surface area (Å²) in [6, 6.07) is 4.56. The molecule has 3 heterocycles. The number of aromatic nitrogens is 1. The van der Waals surface area contributed by atoms with Crippen LogP contribution in [-0.4, -0.2) is 41.6 Å². The molecule has 0 bridgehead atoms. The predicted molar refractivity (Wildman–Crippen MR) is 84.3 cm³/mol. The summed E-state index contributed by atoms with van der Waals surface area (Å²) in [5.41, 5.74) is -0.774. The smallest absolute Gasteiger partial charge is 0.157 e. The molecule has 0 amide bonds. The molecule has 1 aromatic rings. The van der Waals surface area contributed by atoms with Gasteiger partial charge in [-0.1, -0.05) is 18.7 Å². The van der Waals surface area contributed by atoms with E-state index in [4.69, 9.17) is 0 Å². The van der Waals surface area contributed by atoms with E-state index >= 15 is 4.39 Å². The molecule has 114 valence electrons. The molecule has 2 atom stereocenters. The third kappa shape index (κ3) is 2.46. The molecule has 2 unspecified atom stereocenters. The van der Waals surface area contributed by atoms with Gasteiger partial charge in [0.05, 0.1) is 0 Å². The molecule has 0 aliphatic carbocycles. The van der Waals surface area contributed by atoms with Gasteiger partial charge in [-0.2, -0.15) is 0 Å². The van der Waals surface area contributed by atoms with Crippen LogP contribution < -0.4 is 4.90 Å². The van der Waals surface area contributed by atoms with Gasteiger partial charge in [0.1, 0.15) is 5.82 Å². The van der Waals surface area contributed by atoms with Crippen LogP contribution >= 0.6 is 0 Å². The van der Waals surface area contributed by atoms with E-state index in [1.54, 1.807) is 6.20 Å². The Kier molecular flexibility index (Phi) is 3.74. The molecule has 1 aromatic heterocycles. The largest absolute Gasteiger partial charge is 0.351 e. The van der Waals surface area contributed by atoms with Crippen LogP contribution in [0.4, 0.5) is 10.2 Å². The van der Waals surface area contributed by atoms with Crippen molar-refractivity contribution in [2.24, 2.45) is 0 Å². The number of nitrogens with zero attached hydrogens (tertiary/aromatic N) is 3. The highest BCUT2D eigenvalue weighted by Gasteiger charge is 2.40. The quantitative estimate of drug-likeness (QED) is 0.780. The molecule has 21 heavy (non-hydrogen) atoms. The van der Waals surface area contributed by atoms with Gasteiger partial charge < -0.3 is 4.90 Å². The maximum atomic E-state index is 15.3. The molecule has 0 spiro atoms. The average Bonchev–Trinajstić information content (AvgIpc) is 2.64. The number of rotatable bonds is 2. The van der Waals surface area contributed by atoms with Gasteiger partial charge >= 0.3 is 0 Å². The second kappa shape index (κ2) is 5.41. The van der Waals surface area contributed by atoms with Crippen molar-refractivity contribution in [3.05, 3.63) is 36.5 Å². The first kappa shape index (κ1) is 14.5. The van der Waals surface area contributed by atoms with Crippen molar-refractivity contribution in [3.8, 4) is 0 Å². The number of halogens is 1. The summed E-state index contributed by atoms with van der Waals surface area (Å²) >= 11 is 0. The standard InChI is InChI=1S/C17H24FN3/c1-4-17(18)8-7-14-12-20(13(2)3)10-11-21(14)16-15(17)6-5-9-19-16/h4-6,9,13-14H,1,7-8,10-12H2,2-3H3. The first-order chi connectivity index (χ1) is 10.0. The van der Waals surface area contributed by atoms with Crippen LogP contribution in [0.5, 0.6) is 0 Å². The van der Waals surface area contributed by atoms with Crippen molar-refractivity contribution in [2.75, 3.05) is 24.5 Å². The highest BCUT2D eigenvalue weighted by atomic mass is 19.1. The maximum absolute atomic E-state index is 15.3. The van der Waals surface area contributed by atoms with Gasteiger partial charge in [0.25, 0.3) is 0 Å². The normalized spacial score (nSPS) is 29.7. The van der Waals surface area contributed by atoms with Crippen LogP contribution in [0.15, 0.2) is 31.0 Å². The second-order valence-electron chi connectivity index (χ2n) is 6.42. The molecular weight excluding hydrogens is 265 g/mol. The van der Waals surface area contributed by atoms with E-state index in [1.165, 1.54) is 6.08 Å². The molecule has 3 rings (SSSR count). The Morgan fingerprint density at radius 3 is 3.00 bits per heavy atom. The summed E-state index contributed by atoms with van der Waals surface area (Å²) in [4.78, 5) is 9.28. The molecule has 0 saturated carbocycles. The topological polar surface area (TPSA) is 19.4 Å². The minimum absolute atomic E-state index is 0.340. The van der Waals surface area contributed by atoms with Gasteiger partial charge in [-0.15, -0.1) is 0 Å². The van der Waals surface area contributed by atoms with Gasteiger partial charge in [0.2, 0.25) is 0 Å². The summed E-state index contributed by atoms with van der Waals surface area (Å²) in [6.45, 7) is 11.1. The first-order valence-corrected chi connectivity index (χ1v) is 7.84. The van der Waals surface area contributed by atoms with E-state index in [0.29, 0.717) is 24.1 Å². The minimum Gasteiger partial charge on any atom is -0.351 e. The van der Waals surface area contributed by atoms with Gasteiger partial charge in [0.15, 0.2) is 5.67 Å². The fourth-order valence-electron chi connectivity index (χ4n) is 3.55. The fraction of sp³-hybridized carbons (Fsp3) is 0.588. The van der Waals surface area contributed by atoms with Gasteiger partial charge in [-0.25, -0.2) is 9.37 Å². The number of alkyl halides is 1. The Morgan fingerprint density at radius 1 is 1.48 bits per heavy atom. The molecule has 4 heteroatoms. The Hall–Kier alpha value is -1.42. The van der Waals surface area contributed by atoms with Crippen LogP contribution in [-0.2, 0) is 5.67 Å². The SMILES string of the molecule is C=CC1(F)CCC2CN(C(C)C)CCN2c2ncccc21. The van der Waals surface area contributed by atoms with E-state index in [1.807, 2.05) is 12.1 Å². The highest BCUT2D eigenvalue weighted by Crippen LogP contribution is 2.42. The third-order valence-corrected chi connectivity index (χ3v) is 4.92. The number of pyridine rings is 1. The van der Waals surface area contributed by atoms with Crippen LogP contribution in [0.2, 0.25) is 0 Å². The Bertz CT molecular complexity index is 531. The van der Waals surface area contributed by atoms with Gasteiger partial charge in [-0.3, -0.25) is 4.90 Å². The van der Waals surface area contributed by atoms with E-state index < -0.39 is 5.67 Å². The van der Waals surface area contributed by atoms with E-state index in [0.717, 1.165) is 31.9 Å². The average molecular weight is 289 g/mol. The van der Waals surface area contributed by atoms with Crippen LogP contribution in [0.3, 0.4) is 0 Å². The molecule has 1 fully saturated rings. The van der Waals surface area contributed by atoms with Crippen LogP contribution in [0.25, 0.3) is 0 Å². The molecular formula is C17H24FN3. The molecule has 1 saturated heterocycles. The first-order valence-electron chi connectivity index (χ1n) is 7.84. The number of piperazine rings is 1. The Labute approximate surface area is 126 Å². The van der Waals surface area contributed by atoms with Crippen molar-refractivity contribution < 1.29 is 4.39 Å². The maximum Gasteiger partial charge on any atom is 0.157 e. The zero-order chi connectivity index (χ0) is 15.0. The number of hydrogen-bond acceptors (Lipinski definition) is 3. The van der Waals surface area contributed by atoms with Crippen molar-refractivity contribution in [1.82, 2.24) is 9.88 Å². The lowest BCUT2D eigenvalue weighted by atomic mass is 9.91. The van der Waals surface area contributed by atoms with E-state index in [-0.39, 0.29) is 0 Å². The van der Waals surface area contributed by atoms with E-state index in [2.05, 4.69) is 35.2 Å². The monoisotopic (exact) mass is 289 g/mol. The number of hydrogen-bond donors (Lipinski definition) is 0. The molecule has 0 radical (unpaired) electrons. The van der Waals surface area contributed by atoms with Crippen molar-refractivity contribution in [2.45, 2.75) is 44.4 Å². The number of anilines is 1. The lowest BCUT2D eigenvalue weighted by molar-refractivity contribution is 0.165. The Morgan fingerprint density at radius 2 is 2.29 bits per heavy atom. The molecule has 2 aliphatic rings. The third-order valence-electron chi connectivity index (χ3n) is 4.92. The lowest BCUT2D eigenvalue weighted by Gasteiger charge is -2.43. The minimum atomic E-state index is -1.45.